The molecule has 18 heavy (non-hydrogen) atoms. The molecule has 0 radical (unpaired) electrons. The summed E-state index contributed by atoms with van der Waals surface area (Å²) in [5.74, 6) is -0.556. The van der Waals surface area contributed by atoms with Crippen LogP contribution in [0.3, 0.4) is 0 Å². The van der Waals surface area contributed by atoms with Crippen LogP contribution in [0, 0.1) is 22.9 Å². The van der Waals surface area contributed by atoms with Gasteiger partial charge in [0.2, 0.25) is 0 Å². The van der Waals surface area contributed by atoms with Gasteiger partial charge in [0, 0.05) is 6.54 Å². The van der Waals surface area contributed by atoms with Crippen molar-refractivity contribution in [3.05, 3.63) is 33.6 Å². The van der Waals surface area contributed by atoms with Crippen LogP contribution in [-0.2, 0) is 0 Å². The molecule has 0 amide bonds. The smallest absolute Gasteiger partial charge is 0.295 e. The second kappa shape index (κ2) is 6.90. The Balaban J connectivity index is 2.68. The van der Waals surface area contributed by atoms with Gasteiger partial charge in [0.1, 0.15) is 11.5 Å². The maximum absolute atomic E-state index is 13.3. The second-order valence-electron chi connectivity index (χ2n) is 4.01. The maximum atomic E-state index is 13.3. The molecule has 1 aromatic rings. The minimum absolute atomic E-state index is 0.221. The zero-order valence-corrected chi connectivity index (χ0v) is 10.6. The summed E-state index contributed by atoms with van der Waals surface area (Å²) in [6.07, 6.45) is 0.849. The Bertz CT molecular complexity index is 424. The van der Waals surface area contributed by atoms with Crippen LogP contribution in [0.1, 0.15) is 18.9 Å². The molecule has 0 saturated heterocycles. The van der Waals surface area contributed by atoms with E-state index in [0.717, 1.165) is 25.6 Å². The third kappa shape index (κ3) is 3.96. The summed E-state index contributed by atoms with van der Waals surface area (Å²) in [5, 5.41) is 16.9. The molecule has 0 heterocycles. The molecule has 0 aliphatic rings. The van der Waals surface area contributed by atoms with E-state index in [1.807, 2.05) is 6.92 Å². The summed E-state index contributed by atoms with van der Waals surface area (Å²) in [6.45, 7) is 5.96. The summed E-state index contributed by atoms with van der Waals surface area (Å²) in [7, 11) is 0. The highest BCUT2D eigenvalue weighted by Gasteiger charge is 2.16. The number of nitrogens with one attached hydrogen (secondary N) is 2. The molecule has 0 aromatic heterocycles. The number of nitrogens with zero attached hydrogens (tertiary/aromatic N) is 1. The third-order valence-electron chi connectivity index (χ3n) is 2.57. The predicted octanol–water partition coefficient (Wildman–Crippen LogP) is 2.45. The fourth-order valence-corrected chi connectivity index (χ4v) is 1.58. The van der Waals surface area contributed by atoms with Crippen LogP contribution in [0.25, 0.3) is 0 Å². The number of rotatable bonds is 7. The topological polar surface area (TPSA) is 67.2 Å². The van der Waals surface area contributed by atoms with Gasteiger partial charge in [-0.3, -0.25) is 10.1 Å². The fraction of sp³-hybridized carbons (Fsp3) is 0.500. The van der Waals surface area contributed by atoms with Crippen LogP contribution in [0.15, 0.2) is 12.1 Å². The summed E-state index contributed by atoms with van der Waals surface area (Å²) in [6, 6.07) is 2.43. The monoisotopic (exact) mass is 255 g/mol. The molecule has 0 unspecified atom stereocenters. The Morgan fingerprint density at radius 3 is 2.72 bits per heavy atom. The highest BCUT2D eigenvalue weighted by molar-refractivity contribution is 5.63. The Kier molecular flexibility index (Phi) is 5.51. The van der Waals surface area contributed by atoms with E-state index in [0.29, 0.717) is 17.8 Å². The number of anilines is 1. The third-order valence-corrected chi connectivity index (χ3v) is 2.57. The van der Waals surface area contributed by atoms with E-state index in [9.17, 15) is 14.5 Å². The number of aryl methyl sites for hydroxylation is 1. The highest BCUT2D eigenvalue weighted by atomic mass is 19.1. The number of halogens is 1. The number of nitro benzene ring substituents is 1. The van der Waals surface area contributed by atoms with Crippen molar-refractivity contribution in [1.29, 1.82) is 0 Å². The summed E-state index contributed by atoms with van der Waals surface area (Å²) in [5.41, 5.74) is 0.548. The van der Waals surface area contributed by atoms with Crippen molar-refractivity contribution >= 4 is 11.4 Å². The van der Waals surface area contributed by atoms with Crippen molar-refractivity contribution in [3.8, 4) is 0 Å². The lowest BCUT2D eigenvalue weighted by atomic mass is 10.1. The zero-order valence-electron chi connectivity index (χ0n) is 10.6. The highest BCUT2D eigenvalue weighted by Crippen LogP contribution is 2.27. The molecular weight excluding hydrogens is 237 g/mol. The van der Waals surface area contributed by atoms with Gasteiger partial charge in [0.15, 0.2) is 0 Å². The van der Waals surface area contributed by atoms with E-state index in [-0.39, 0.29) is 5.69 Å². The molecule has 0 spiro atoms. The average Bonchev–Trinajstić information content (AvgIpc) is 2.32. The van der Waals surface area contributed by atoms with Crippen LogP contribution >= 0.6 is 0 Å². The summed E-state index contributed by atoms with van der Waals surface area (Å²) < 4.78 is 13.3. The predicted molar refractivity (Wildman–Crippen MR) is 69.4 cm³/mol. The van der Waals surface area contributed by atoms with Gasteiger partial charge in [-0.25, -0.2) is 4.39 Å². The van der Waals surface area contributed by atoms with Gasteiger partial charge in [-0.05, 0) is 38.1 Å². The SMILES string of the molecule is CCNCCCNc1cc(C)c(F)cc1[N+](=O)[O-]. The normalized spacial score (nSPS) is 10.4. The summed E-state index contributed by atoms with van der Waals surface area (Å²) >= 11 is 0. The molecule has 0 atom stereocenters. The maximum Gasteiger partial charge on any atom is 0.295 e. The fourth-order valence-electron chi connectivity index (χ4n) is 1.58. The molecule has 100 valence electrons. The lowest BCUT2D eigenvalue weighted by Crippen LogP contribution is -2.17. The van der Waals surface area contributed by atoms with E-state index >= 15 is 0 Å². The Morgan fingerprint density at radius 2 is 2.11 bits per heavy atom. The average molecular weight is 255 g/mol. The van der Waals surface area contributed by atoms with Crippen molar-refractivity contribution in [3.63, 3.8) is 0 Å². The van der Waals surface area contributed by atoms with Crippen molar-refractivity contribution < 1.29 is 9.31 Å². The van der Waals surface area contributed by atoms with Gasteiger partial charge in [0.25, 0.3) is 5.69 Å². The van der Waals surface area contributed by atoms with Crippen LogP contribution < -0.4 is 10.6 Å². The van der Waals surface area contributed by atoms with Crippen molar-refractivity contribution in [2.75, 3.05) is 25.0 Å². The van der Waals surface area contributed by atoms with Crippen LogP contribution in [0.5, 0.6) is 0 Å². The van der Waals surface area contributed by atoms with Gasteiger partial charge in [0.05, 0.1) is 11.0 Å². The molecule has 1 aromatic carbocycles. The summed E-state index contributed by atoms with van der Waals surface area (Å²) in [4.78, 5) is 10.2. The largest absolute Gasteiger partial charge is 0.379 e. The number of hydrogen-bond acceptors (Lipinski definition) is 4. The quantitative estimate of drug-likeness (QED) is 0.446. The van der Waals surface area contributed by atoms with Gasteiger partial charge in [-0.15, -0.1) is 0 Å². The van der Waals surface area contributed by atoms with Crippen molar-refractivity contribution in [2.45, 2.75) is 20.3 Å². The van der Waals surface area contributed by atoms with E-state index in [1.54, 1.807) is 6.92 Å². The molecule has 0 aliphatic carbocycles. The van der Waals surface area contributed by atoms with E-state index < -0.39 is 10.7 Å². The molecule has 0 bridgehead atoms. The van der Waals surface area contributed by atoms with Gasteiger partial charge >= 0.3 is 0 Å². The standard InChI is InChI=1S/C12H18FN3O2/c1-3-14-5-4-6-15-11-7-9(2)10(13)8-12(11)16(17)18/h7-8,14-15H,3-6H2,1-2H3. The minimum Gasteiger partial charge on any atom is -0.379 e. The minimum atomic E-state index is -0.574. The van der Waals surface area contributed by atoms with Crippen molar-refractivity contribution in [2.24, 2.45) is 0 Å². The first-order valence-corrected chi connectivity index (χ1v) is 5.95. The molecule has 2 N–H and O–H groups in total. The molecule has 1 rings (SSSR count). The van der Waals surface area contributed by atoms with Gasteiger partial charge in [-0.1, -0.05) is 6.92 Å². The van der Waals surface area contributed by atoms with Crippen molar-refractivity contribution in [1.82, 2.24) is 5.32 Å². The molecule has 0 saturated carbocycles. The van der Waals surface area contributed by atoms with Gasteiger partial charge < -0.3 is 10.6 Å². The molecule has 0 aliphatic heterocycles. The van der Waals surface area contributed by atoms with E-state index in [2.05, 4.69) is 10.6 Å². The molecule has 5 nitrogen and oxygen atoms in total. The van der Waals surface area contributed by atoms with E-state index in [1.165, 1.54) is 6.07 Å². The number of benzene rings is 1. The lowest BCUT2D eigenvalue weighted by molar-refractivity contribution is -0.384. The Labute approximate surface area is 106 Å². The molecular formula is C12H18FN3O2. The number of nitro groups is 1. The first kappa shape index (κ1) is 14.4. The Morgan fingerprint density at radius 1 is 1.39 bits per heavy atom. The van der Waals surface area contributed by atoms with Crippen LogP contribution in [0.2, 0.25) is 0 Å². The molecule has 0 fully saturated rings. The van der Waals surface area contributed by atoms with Gasteiger partial charge in [-0.2, -0.15) is 0 Å². The number of hydrogen-bond donors (Lipinski definition) is 2. The second-order valence-corrected chi connectivity index (χ2v) is 4.01. The van der Waals surface area contributed by atoms with Crippen LogP contribution in [0.4, 0.5) is 15.8 Å². The lowest BCUT2D eigenvalue weighted by Gasteiger charge is -2.08. The zero-order chi connectivity index (χ0) is 13.5. The van der Waals surface area contributed by atoms with Crippen LogP contribution in [-0.4, -0.2) is 24.6 Å². The Hall–Kier alpha value is -1.69. The molecule has 6 heteroatoms. The van der Waals surface area contributed by atoms with E-state index in [4.69, 9.17) is 0 Å². The first-order valence-electron chi connectivity index (χ1n) is 5.95. The first-order chi connectivity index (χ1) is 8.56.